The molecule has 0 spiro atoms. The zero-order chi connectivity index (χ0) is 23.7. The van der Waals surface area contributed by atoms with Crippen LogP contribution in [-0.4, -0.2) is 32.0 Å². The highest BCUT2D eigenvalue weighted by Gasteiger charge is 2.31. The lowest BCUT2D eigenvalue weighted by atomic mass is 9.95. The Morgan fingerprint density at radius 1 is 1.03 bits per heavy atom. The number of carbonyl (C=O) groups is 2. The van der Waals surface area contributed by atoms with Gasteiger partial charge in [-0.05, 0) is 55.2 Å². The van der Waals surface area contributed by atoms with Crippen molar-refractivity contribution in [3.8, 4) is 11.5 Å². The topological polar surface area (TPSA) is 73.9 Å². The van der Waals surface area contributed by atoms with Crippen LogP contribution < -0.4 is 14.8 Å². The molecule has 0 heterocycles. The molecule has 1 amide bonds. The summed E-state index contributed by atoms with van der Waals surface area (Å²) in [7, 11) is 1.44. The standard InChI is InChI=1S/C23H26F3NO5/c1-4-17(22(29)31-5-2)12-16-8-11-20(30-3)19(13-16)21(28)27-14-15-6-9-18(10-7-15)32-23(24,25)26/h6-11,13,17H,4-5,12,14H2,1-3H3,(H,27,28). The summed E-state index contributed by atoms with van der Waals surface area (Å²) < 4.78 is 51.0. The van der Waals surface area contributed by atoms with E-state index >= 15 is 0 Å². The van der Waals surface area contributed by atoms with Gasteiger partial charge in [-0.25, -0.2) is 0 Å². The van der Waals surface area contributed by atoms with E-state index in [1.165, 1.54) is 31.4 Å². The second kappa shape index (κ2) is 11.4. The lowest BCUT2D eigenvalue weighted by Gasteiger charge is -2.15. The fourth-order valence-electron chi connectivity index (χ4n) is 3.09. The Morgan fingerprint density at radius 3 is 2.25 bits per heavy atom. The molecular weight excluding hydrogens is 427 g/mol. The van der Waals surface area contributed by atoms with Gasteiger partial charge in [0.15, 0.2) is 0 Å². The number of amides is 1. The number of ether oxygens (including phenoxy) is 3. The molecule has 0 saturated carbocycles. The molecule has 2 aromatic carbocycles. The lowest BCUT2D eigenvalue weighted by molar-refractivity contribution is -0.274. The molecule has 6 nitrogen and oxygen atoms in total. The van der Waals surface area contributed by atoms with Gasteiger partial charge in [0.25, 0.3) is 5.91 Å². The van der Waals surface area contributed by atoms with E-state index < -0.39 is 12.3 Å². The predicted octanol–water partition coefficient (Wildman–Crippen LogP) is 4.66. The van der Waals surface area contributed by atoms with Crippen LogP contribution in [-0.2, 0) is 22.5 Å². The minimum absolute atomic E-state index is 0.0962. The SMILES string of the molecule is CCOC(=O)C(CC)Cc1ccc(OC)c(C(=O)NCc2ccc(OC(F)(F)F)cc2)c1. The van der Waals surface area contributed by atoms with Crippen LogP contribution in [0.25, 0.3) is 0 Å². The van der Waals surface area contributed by atoms with Crippen molar-refractivity contribution in [3.63, 3.8) is 0 Å². The Hall–Kier alpha value is -3.23. The maximum absolute atomic E-state index is 12.7. The third kappa shape index (κ3) is 7.47. The maximum Gasteiger partial charge on any atom is 0.573 e. The first kappa shape index (κ1) is 25.0. The molecule has 0 radical (unpaired) electrons. The van der Waals surface area contributed by atoms with Crippen molar-refractivity contribution in [1.82, 2.24) is 5.32 Å². The Kier molecular flexibility index (Phi) is 8.92. The summed E-state index contributed by atoms with van der Waals surface area (Å²) in [5.41, 5.74) is 1.67. The van der Waals surface area contributed by atoms with Gasteiger partial charge in [0, 0.05) is 6.54 Å². The van der Waals surface area contributed by atoms with Crippen LogP contribution in [0.5, 0.6) is 11.5 Å². The lowest BCUT2D eigenvalue weighted by Crippen LogP contribution is -2.24. The molecule has 0 aliphatic rings. The minimum atomic E-state index is -4.76. The molecule has 174 valence electrons. The van der Waals surface area contributed by atoms with Gasteiger partial charge in [0.05, 0.1) is 25.2 Å². The summed E-state index contributed by atoms with van der Waals surface area (Å²) >= 11 is 0. The normalized spacial score (nSPS) is 12.1. The molecule has 0 bridgehead atoms. The number of hydrogen-bond donors (Lipinski definition) is 1. The van der Waals surface area contributed by atoms with Gasteiger partial charge in [-0.15, -0.1) is 13.2 Å². The average molecular weight is 453 g/mol. The zero-order valence-corrected chi connectivity index (χ0v) is 18.1. The highest BCUT2D eigenvalue weighted by Crippen LogP contribution is 2.24. The summed E-state index contributed by atoms with van der Waals surface area (Å²) in [5, 5.41) is 2.72. The molecule has 0 fully saturated rings. The monoisotopic (exact) mass is 453 g/mol. The van der Waals surface area contributed by atoms with Crippen molar-refractivity contribution in [1.29, 1.82) is 0 Å². The van der Waals surface area contributed by atoms with Crippen molar-refractivity contribution < 1.29 is 37.0 Å². The van der Waals surface area contributed by atoms with Crippen molar-refractivity contribution in [2.75, 3.05) is 13.7 Å². The van der Waals surface area contributed by atoms with Crippen LogP contribution in [0.2, 0.25) is 0 Å². The van der Waals surface area contributed by atoms with E-state index in [1.54, 1.807) is 25.1 Å². The molecular formula is C23H26F3NO5. The minimum Gasteiger partial charge on any atom is -0.496 e. The fraction of sp³-hybridized carbons (Fsp3) is 0.391. The Bertz CT molecular complexity index is 913. The number of hydrogen-bond acceptors (Lipinski definition) is 5. The molecule has 0 aliphatic heterocycles. The van der Waals surface area contributed by atoms with E-state index in [2.05, 4.69) is 10.1 Å². The number of esters is 1. The average Bonchev–Trinajstić information content (AvgIpc) is 2.75. The van der Waals surface area contributed by atoms with Crippen LogP contribution in [0.15, 0.2) is 42.5 Å². The van der Waals surface area contributed by atoms with Crippen LogP contribution in [0.3, 0.4) is 0 Å². The third-order valence-electron chi connectivity index (χ3n) is 4.71. The molecule has 0 aliphatic carbocycles. The third-order valence-corrected chi connectivity index (χ3v) is 4.71. The van der Waals surface area contributed by atoms with Crippen LogP contribution in [0, 0.1) is 5.92 Å². The Labute approximate surface area is 184 Å². The number of rotatable bonds is 10. The molecule has 0 saturated heterocycles. The van der Waals surface area contributed by atoms with E-state index in [1.807, 2.05) is 6.92 Å². The largest absolute Gasteiger partial charge is 0.573 e. The Balaban J connectivity index is 2.08. The molecule has 32 heavy (non-hydrogen) atoms. The van der Waals surface area contributed by atoms with E-state index in [4.69, 9.17) is 9.47 Å². The number of carbonyl (C=O) groups excluding carboxylic acids is 2. The van der Waals surface area contributed by atoms with Gasteiger partial charge < -0.3 is 19.5 Å². The van der Waals surface area contributed by atoms with Gasteiger partial charge >= 0.3 is 12.3 Å². The van der Waals surface area contributed by atoms with Gasteiger partial charge in [0.2, 0.25) is 0 Å². The molecule has 2 rings (SSSR count). The van der Waals surface area contributed by atoms with E-state index in [0.29, 0.717) is 36.3 Å². The van der Waals surface area contributed by atoms with E-state index in [9.17, 15) is 22.8 Å². The van der Waals surface area contributed by atoms with Crippen molar-refractivity contribution in [2.24, 2.45) is 5.92 Å². The number of halogens is 3. The quantitative estimate of drug-likeness (QED) is 0.530. The molecule has 1 unspecified atom stereocenters. The second-order valence-electron chi connectivity index (χ2n) is 6.97. The summed E-state index contributed by atoms with van der Waals surface area (Å²) in [6, 6.07) is 10.3. The molecule has 0 aromatic heterocycles. The predicted molar refractivity (Wildman–Crippen MR) is 111 cm³/mol. The van der Waals surface area contributed by atoms with Gasteiger partial charge in [-0.2, -0.15) is 0 Å². The first-order valence-corrected chi connectivity index (χ1v) is 10.1. The highest BCUT2D eigenvalue weighted by molar-refractivity contribution is 5.97. The van der Waals surface area contributed by atoms with Crippen molar-refractivity contribution >= 4 is 11.9 Å². The van der Waals surface area contributed by atoms with Crippen LogP contribution >= 0.6 is 0 Å². The number of nitrogens with one attached hydrogen (secondary N) is 1. The fourth-order valence-corrected chi connectivity index (χ4v) is 3.09. The highest BCUT2D eigenvalue weighted by atomic mass is 19.4. The first-order chi connectivity index (χ1) is 15.2. The van der Waals surface area contributed by atoms with Crippen molar-refractivity contribution in [3.05, 3.63) is 59.2 Å². The molecule has 9 heteroatoms. The van der Waals surface area contributed by atoms with Gasteiger partial charge in [0.1, 0.15) is 11.5 Å². The summed E-state index contributed by atoms with van der Waals surface area (Å²) in [5.74, 6) is -0.992. The molecule has 1 atom stereocenters. The van der Waals surface area contributed by atoms with Crippen LogP contribution in [0.4, 0.5) is 13.2 Å². The van der Waals surface area contributed by atoms with Gasteiger partial charge in [-0.3, -0.25) is 9.59 Å². The summed E-state index contributed by atoms with van der Waals surface area (Å²) in [6.07, 6.45) is -3.75. The summed E-state index contributed by atoms with van der Waals surface area (Å²) in [6.45, 7) is 4.04. The van der Waals surface area contributed by atoms with Gasteiger partial charge in [-0.1, -0.05) is 25.1 Å². The molecule has 2 aromatic rings. The first-order valence-electron chi connectivity index (χ1n) is 10.1. The van der Waals surface area contributed by atoms with Crippen LogP contribution in [0.1, 0.15) is 41.8 Å². The van der Waals surface area contributed by atoms with E-state index in [0.717, 1.165) is 5.56 Å². The Morgan fingerprint density at radius 2 is 1.69 bits per heavy atom. The summed E-state index contributed by atoms with van der Waals surface area (Å²) in [4.78, 5) is 24.8. The second-order valence-corrected chi connectivity index (χ2v) is 6.97. The zero-order valence-electron chi connectivity index (χ0n) is 18.1. The number of alkyl halides is 3. The smallest absolute Gasteiger partial charge is 0.496 e. The van der Waals surface area contributed by atoms with E-state index in [-0.39, 0.29) is 24.2 Å². The number of benzene rings is 2. The van der Waals surface area contributed by atoms with Crippen molar-refractivity contribution in [2.45, 2.75) is 39.6 Å². The number of methoxy groups -OCH3 is 1. The molecule has 1 N–H and O–H groups in total. The maximum atomic E-state index is 12.7.